The highest BCUT2D eigenvalue weighted by Crippen LogP contribution is 2.29. The lowest BCUT2D eigenvalue weighted by atomic mass is 9.87. The van der Waals surface area contributed by atoms with Crippen LogP contribution in [-0.4, -0.2) is 28.5 Å². The van der Waals surface area contributed by atoms with Crippen molar-refractivity contribution in [2.24, 2.45) is 5.92 Å². The average molecular weight is 418 g/mol. The molecule has 5 heteroatoms. The molecule has 1 aliphatic carbocycles. The maximum atomic E-state index is 13.1. The summed E-state index contributed by atoms with van der Waals surface area (Å²) in [5.41, 5.74) is 0.842. The largest absolute Gasteiger partial charge is 0.507 e. The van der Waals surface area contributed by atoms with Gasteiger partial charge in [-0.15, -0.1) is 0 Å². The van der Waals surface area contributed by atoms with Gasteiger partial charge in [0, 0.05) is 23.9 Å². The number of fused-ring (bicyclic) bond motifs is 1. The number of anilines is 1. The van der Waals surface area contributed by atoms with E-state index in [0.29, 0.717) is 0 Å². The summed E-state index contributed by atoms with van der Waals surface area (Å²) < 4.78 is 0. The number of hydrogen-bond acceptors (Lipinski definition) is 4. The topological polar surface area (TPSA) is 86.6 Å². The van der Waals surface area contributed by atoms with E-state index in [0.717, 1.165) is 35.3 Å². The molecule has 3 N–H and O–H groups in total. The van der Waals surface area contributed by atoms with Crippen molar-refractivity contribution in [1.29, 1.82) is 0 Å². The molecule has 1 fully saturated rings. The SMILES string of the molecule is O=C(O)c1cc2ccccc2cc1C(=O)c1ccc(NCCC2CCCCC2)cc1O. The van der Waals surface area contributed by atoms with Crippen LogP contribution in [0.25, 0.3) is 10.8 Å². The number of carboxylic acids is 1. The van der Waals surface area contributed by atoms with Gasteiger partial charge in [0.2, 0.25) is 0 Å². The molecule has 0 heterocycles. The fourth-order valence-electron chi connectivity index (χ4n) is 4.48. The molecule has 4 rings (SSSR count). The number of hydrogen-bond donors (Lipinski definition) is 3. The van der Waals surface area contributed by atoms with E-state index in [-0.39, 0.29) is 22.4 Å². The van der Waals surface area contributed by atoms with E-state index in [2.05, 4.69) is 5.32 Å². The smallest absolute Gasteiger partial charge is 0.336 e. The molecule has 31 heavy (non-hydrogen) atoms. The van der Waals surface area contributed by atoms with Crippen molar-refractivity contribution in [2.45, 2.75) is 38.5 Å². The summed E-state index contributed by atoms with van der Waals surface area (Å²) in [5, 5.41) is 25.0. The predicted octanol–water partition coefficient (Wildman–Crippen LogP) is 5.86. The van der Waals surface area contributed by atoms with Gasteiger partial charge in [-0.3, -0.25) is 4.79 Å². The van der Waals surface area contributed by atoms with Gasteiger partial charge in [0.1, 0.15) is 5.75 Å². The van der Waals surface area contributed by atoms with Gasteiger partial charge in [0.05, 0.1) is 11.1 Å². The van der Waals surface area contributed by atoms with E-state index in [1.54, 1.807) is 24.3 Å². The van der Waals surface area contributed by atoms with Crippen molar-refractivity contribution in [3.63, 3.8) is 0 Å². The summed E-state index contributed by atoms with van der Waals surface area (Å²) in [6.07, 6.45) is 7.65. The Labute approximate surface area is 181 Å². The maximum Gasteiger partial charge on any atom is 0.336 e. The van der Waals surface area contributed by atoms with Gasteiger partial charge in [-0.1, -0.05) is 56.4 Å². The number of ketones is 1. The van der Waals surface area contributed by atoms with E-state index in [1.165, 1.54) is 44.2 Å². The zero-order chi connectivity index (χ0) is 21.8. The van der Waals surface area contributed by atoms with Crippen molar-refractivity contribution in [2.75, 3.05) is 11.9 Å². The highest BCUT2D eigenvalue weighted by atomic mass is 16.4. The van der Waals surface area contributed by atoms with Crippen molar-refractivity contribution in [3.05, 3.63) is 71.3 Å². The molecule has 5 nitrogen and oxygen atoms in total. The molecule has 0 aromatic heterocycles. The van der Waals surface area contributed by atoms with Crippen molar-refractivity contribution >= 4 is 28.2 Å². The van der Waals surface area contributed by atoms with E-state index in [4.69, 9.17) is 0 Å². The van der Waals surface area contributed by atoms with Crippen molar-refractivity contribution < 1.29 is 19.8 Å². The first-order valence-electron chi connectivity index (χ1n) is 10.9. The summed E-state index contributed by atoms with van der Waals surface area (Å²) >= 11 is 0. The number of carboxylic acid groups (broad SMARTS) is 1. The number of phenolic OH excluding ortho intramolecular Hbond substituents is 1. The third-order valence-corrected chi connectivity index (χ3v) is 6.21. The Morgan fingerprint density at radius 2 is 1.55 bits per heavy atom. The summed E-state index contributed by atoms with van der Waals surface area (Å²) in [6.45, 7) is 0.825. The third-order valence-electron chi connectivity index (χ3n) is 6.21. The fraction of sp³-hybridized carbons (Fsp3) is 0.308. The minimum Gasteiger partial charge on any atom is -0.507 e. The number of phenols is 1. The molecular weight excluding hydrogens is 390 g/mol. The van der Waals surface area contributed by atoms with E-state index in [9.17, 15) is 19.8 Å². The first-order valence-corrected chi connectivity index (χ1v) is 10.9. The molecule has 1 aliphatic rings. The van der Waals surface area contributed by atoms with Crippen LogP contribution in [0.5, 0.6) is 5.75 Å². The maximum absolute atomic E-state index is 13.1. The first-order chi connectivity index (χ1) is 15.0. The Balaban J connectivity index is 1.53. The second kappa shape index (κ2) is 9.21. The van der Waals surface area contributed by atoms with Gasteiger partial charge in [0.15, 0.2) is 5.78 Å². The first kappa shape index (κ1) is 20.9. The molecule has 0 unspecified atom stereocenters. The number of benzene rings is 3. The minimum atomic E-state index is -1.17. The summed E-state index contributed by atoms with van der Waals surface area (Å²) in [7, 11) is 0. The number of aromatic carboxylic acids is 1. The van der Waals surface area contributed by atoms with Crippen LogP contribution in [0.4, 0.5) is 5.69 Å². The number of carbonyl (C=O) groups excluding carboxylic acids is 1. The predicted molar refractivity (Wildman–Crippen MR) is 122 cm³/mol. The van der Waals surface area contributed by atoms with Crippen molar-refractivity contribution in [1.82, 2.24) is 0 Å². The van der Waals surface area contributed by atoms with Gasteiger partial charge in [-0.2, -0.15) is 0 Å². The van der Waals surface area contributed by atoms with Crippen LogP contribution in [0.1, 0.15) is 64.8 Å². The van der Waals surface area contributed by atoms with Gasteiger partial charge < -0.3 is 15.5 Å². The van der Waals surface area contributed by atoms with Crippen molar-refractivity contribution in [3.8, 4) is 5.75 Å². The van der Waals surface area contributed by atoms with Crippen LogP contribution < -0.4 is 5.32 Å². The highest BCUT2D eigenvalue weighted by Gasteiger charge is 2.21. The zero-order valence-corrected chi connectivity index (χ0v) is 17.4. The van der Waals surface area contributed by atoms with Gasteiger partial charge in [-0.05, 0) is 47.4 Å². The third kappa shape index (κ3) is 4.71. The Hall–Kier alpha value is -3.34. The summed E-state index contributed by atoms with van der Waals surface area (Å²) in [5.74, 6) is -1.07. The molecule has 3 aromatic carbocycles. The molecule has 0 aliphatic heterocycles. The second-order valence-electron chi connectivity index (χ2n) is 8.33. The number of rotatable bonds is 7. The van der Waals surface area contributed by atoms with Crippen LogP contribution in [0.2, 0.25) is 0 Å². The summed E-state index contributed by atoms with van der Waals surface area (Å²) in [6, 6.07) is 15.2. The Morgan fingerprint density at radius 3 is 2.19 bits per heavy atom. The second-order valence-corrected chi connectivity index (χ2v) is 8.33. The van der Waals surface area contributed by atoms with E-state index >= 15 is 0 Å². The fourth-order valence-corrected chi connectivity index (χ4v) is 4.48. The molecule has 0 spiro atoms. The van der Waals surface area contributed by atoms with Crippen LogP contribution in [0.3, 0.4) is 0 Å². The summed E-state index contributed by atoms with van der Waals surface area (Å²) in [4.78, 5) is 24.9. The lowest BCUT2D eigenvalue weighted by Gasteiger charge is -2.21. The molecule has 0 saturated heterocycles. The standard InChI is InChI=1S/C26H27NO4/c28-24-16-20(27-13-12-17-6-2-1-3-7-17)10-11-21(24)25(29)22-14-18-8-4-5-9-19(18)15-23(22)26(30)31/h4-5,8-11,14-17,27-28H,1-3,6-7,12-13H2,(H,30,31). The van der Waals surface area contributed by atoms with Crippen LogP contribution >= 0.6 is 0 Å². The highest BCUT2D eigenvalue weighted by molar-refractivity contribution is 6.17. The quantitative estimate of drug-likeness (QED) is 0.419. The molecule has 160 valence electrons. The van der Waals surface area contributed by atoms with Crippen LogP contribution in [-0.2, 0) is 0 Å². The normalized spacial score (nSPS) is 14.5. The Morgan fingerprint density at radius 1 is 0.871 bits per heavy atom. The Kier molecular flexibility index (Phi) is 6.21. The van der Waals surface area contributed by atoms with Gasteiger partial charge in [0.25, 0.3) is 0 Å². The lowest BCUT2D eigenvalue weighted by Crippen LogP contribution is -2.12. The molecule has 0 radical (unpaired) electrons. The molecule has 0 amide bonds. The number of aromatic hydroxyl groups is 1. The number of nitrogens with one attached hydrogen (secondary N) is 1. The number of carbonyl (C=O) groups is 2. The molecule has 1 saturated carbocycles. The van der Waals surface area contributed by atoms with Crippen LogP contribution in [0, 0.1) is 5.92 Å². The Bertz CT molecular complexity index is 1120. The minimum absolute atomic E-state index is 0.0690. The molecule has 3 aromatic rings. The molecular formula is C26H27NO4. The molecule has 0 bridgehead atoms. The van der Waals surface area contributed by atoms with Gasteiger partial charge >= 0.3 is 5.97 Å². The van der Waals surface area contributed by atoms with E-state index < -0.39 is 11.8 Å². The van der Waals surface area contributed by atoms with Gasteiger partial charge in [-0.25, -0.2) is 4.79 Å². The monoisotopic (exact) mass is 417 g/mol. The van der Waals surface area contributed by atoms with E-state index in [1.807, 2.05) is 18.2 Å². The molecule has 0 atom stereocenters. The lowest BCUT2D eigenvalue weighted by molar-refractivity contribution is 0.0693. The average Bonchev–Trinajstić information content (AvgIpc) is 2.78. The zero-order valence-electron chi connectivity index (χ0n) is 17.4. The van der Waals surface area contributed by atoms with Crippen LogP contribution in [0.15, 0.2) is 54.6 Å².